The van der Waals surface area contributed by atoms with Gasteiger partial charge in [0.05, 0.1) is 6.20 Å². The number of carboxylic acid groups (broad SMARTS) is 1. The molecule has 0 spiro atoms. The number of H-pyrrole nitrogens is 1. The van der Waals surface area contributed by atoms with Gasteiger partial charge in [0.1, 0.15) is 11.9 Å². The van der Waals surface area contributed by atoms with E-state index in [9.17, 15) is 18.3 Å². The lowest BCUT2D eigenvalue weighted by atomic mass is 10.1. The summed E-state index contributed by atoms with van der Waals surface area (Å²) in [6, 6.07) is 6.72. The summed E-state index contributed by atoms with van der Waals surface area (Å²) >= 11 is 0. The van der Waals surface area contributed by atoms with E-state index in [2.05, 4.69) is 14.7 Å². The monoisotopic (exact) mass is 295 g/mol. The molecule has 2 rings (SSSR count). The fraction of sp³-hybridized carbons (Fsp3) is 0.167. The van der Waals surface area contributed by atoms with Crippen molar-refractivity contribution >= 4 is 16.0 Å². The van der Waals surface area contributed by atoms with Crippen LogP contribution in [0.3, 0.4) is 0 Å². The Hall–Kier alpha value is -2.19. The van der Waals surface area contributed by atoms with Gasteiger partial charge in [-0.25, -0.2) is 13.4 Å². The van der Waals surface area contributed by atoms with Crippen LogP contribution in [0.5, 0.6) is 0 Å². The van der Waals surface area contributed by atoms with Gasteiger partial charge < -0.3 is 10.1 Å². The Kier molecular flexibility index (Phi) is 3.86. The maximum absolute atomic E-state index is 12.1. The van der Waals surface area contributed by atoms with Gasteiger partial charge in [0.2, 0.25) is 0 Å². The van der Waals surface area contributed by atoms with Crippen LogP contribution in [0.15, 0.2) is 41.6 Å². The molecule has 0 saturated carbocycles. The van der Waals surface area contributed by atoms with Gasteiger partial charge in [0.25, 0.3) is 10.0 Å². The smallest absolute Gasteiger partial charge is 0.326 e. The quantitative estimate of drug-likeness (QED) is 0.756. The number of nitrogens with zero attached hydrogens (tertiary/aromatic N) is 1. The van der Waals surface area contributed by atoms with Crippen LogP contribution in [-0.4, -0.2) is 29.5 Å². The van der Waals surface area contributed by atoms with Gasteiger partial charge in [-0.15, -0.1) is 0 Å². The number of hydrogen-bond donors (Lipinski definition) is 3. The number of aromatic nitrogens is 2. The second-order valence-electron chi connectivity index (χ2n) is 4.14. The van der Waals surface area contributed by atoms with Gasteiger partial charge in [0, 0.05) is 0 Å². The fourth-order valence-electron chi connectivity index (χ4n) is 1.66. The molecule has 0 fully saturated rings. The van der Waals surface area contributed by atoms with Crippen LogP contribution >= 0.6 is 0 Å². The zero-order valence-corrected chi connectivity index (χ0v) is 11.4. The van der Waals surface area contributed by atoms with Crippen LogP contribution < -0.4 is 4.72 Å². The van der Waals surface area contributed by atoms with Gasteiger partial charge in [-0.1, -0.05) is 30.3 Å². The minimum absolute atomic E-state index is 0.169. The highest BCUT2D eigenvalue weighted by Gasteiger charge is 2.27. The maximum Gasteiger partial charge on any atom is 0.326 e. The van der Waals surface area contributed by atoms with Crippen LogP contribution in [0.4, 0.5) is 0 Å². The molecule has 106 valence electrons. The van der Waals surface area contributed by atoms with E-state index in [4.69, 9.17) is 0 Å². The number of imidazole rings is 1. The predicted octanol–water partition coefficient (Wildman–Crippen LogP) is 0.822. The first-order chi connectivity index (χ1) is 9.40. The van der Waals surface area contributed by atoms with Gasteiger partial charge in [-0.3, -0.25) is 4.79 Å². The Morgan fingerprint density at radius 3 is 2.50 bits per heavy atom. The summed E-state index contributed by atoms with van der Waals surface area (Å²) in [5, 5.41) is 9.02. The summed E-state index contributed by atoms with van der Waals surface area (Å²) in [4.78, 5) is 17.6. The van der Waals surface area contributed by atoms with Crippen molar-refractivity contribution in [3.8, 4) is 0 Å². The minimum Gasteiger partial charge on any atom is -0.480 e. The van der Waals surface area contributed by atoms with Crippen LogP contribution in [-0.2, 0) is 14.8 Å². The summed E-state index contributed by atoms with van der Waals surface area (Å²) in [5.74, 6) is -0.854. The van der Waals surface area contributed by atoms with E-state index in [-0.39, 0.29) is 5.03 Å². The van der Waals surface area contributed by atoms with Gasteiger partial charge in [-0.2, -0.15) is 4.72 Å². The summed E-state index contributed by atoms with van der Waals surface area (Å²) < 4.78 is 26.3. The van der Waals surface area contributed by atoms with Crippen LogP contribution in [0.2, 0.25) is 0 Å². The van der Waals surface area contributed by atoms with Crippen molar-refractivity contribution < 1.29 is 18.3 Å². The molecule has 3 N–H and O–H groups in total. The molecule has 1 heterocycles. The zero-order valence-electron chi connectivity index (χ0n) is 10.6. The number of nitrogens with one attached hydrogen (secondary N) is 2. The normalized spacial score (nSPS) is 13.1. The number of aromatic amines is 1. The van der Waals surface area contributed by atoms with E-state index < -0.39 is 22.0 Å². The fourth-order valence-corrected chi connectivity index (χ4v) is 2.81. The Morgan fingerprint density at radius 1 is 1.35 bits per heavy atom. The van der Waals surface area contributed by atoms with E-state index in [0.29, 0.717) is 11.4 Å². The van der Waals surface area contributed by atoms with Crippen molar-refractivity contribution in [3.05, 3.63) is 47.9 Å². The van der Waals surface area contributed by atoms with Crippen molar-refractivity contribution in [2.45, 2.75) is 18.0 Å². The number of rotatable bonds is 5. The standard InChI is InChI=1S/C12H13N3O4S/c1-8-13-7-10(14-8)20(18,19)15-11(12(16)17)9-5-3-2-4-6-9/h2-7,11,15H,1H3,(H,13,14)(H,16,17)/t11-/m1/s1. The third-order valence-corrected chi connectivity index (χ3v) is 3.95. The Balaban J connectivity index is 2.32. The molecule has 8 heteroatoms. The largest absolute Gasteiger partial charge is 0.480 e. The molecule has 1 atom stereocenters. The molecular weight excluding hydrogens is 282 g/mol. The topological polar surface area (TPSA) is 112 Å². The van der Waals surface area contributed by atoms with Crippen LogP contribution in [0.25, 0.3) is 0 Å². The SMILES string of the molecule is Cc1ncc(S(=O)(=O)N[C@@H](C(=O)O)c2ccccc2)[nH]1. The number of aliphatic carboxylic acids is 1. The molecule has 1 aromatic heterocycles. The second-order valence-corrected chi connectivity index (χ2v) is 5.82. The van der Waals surface area contributed by atoms with Crippen molar-refractivity contribution in [2.24, 2.45) is 0 Å². The van der Waals surface area contributed by atoms with E-state index in [1.54, 1.807) is 37.3 Å². The summed E-state index contributed by atoms with van der Waals surface area (Å²) in [6.45, 7) is 1.60. The second kappa shape index (κ2) is 5.43. The van der Waals surface area contributed by atoms with Gasteiger partial charge in [-0.05, 0) is 12.5 Å². The van der Waals surface area contributed by atoms with Gasteiger partial charge in [0.15, 0.2) is 5.03 Å². The average molecular weight is 295 g/mol. The molecule has 0 aliphatic rings. The van der Waals surface area contributed by atoms with Gasteiger partial charge >= 0.3 is 5.97 Å². The molecule has 0 saturated heterocycles. The predicted molar refractivity (Wildman–Crippen MR) is 70.5 cm³/mol. The van der Waals surface area contributed by atoms with Crippen LogP contribution in [0, 0.1) is 6.92 Å². The van der Waals surface area contributed by atoms with Crippen molar-refractivity contribution in [1.29, 1.82) is 0 Å². The summed E-state index contributed by atoms with van der Waals surface area (Å²) in [5.41, 5.74) is 0.347. The first-order valence-electron chi connectivity index (χ1n) is 5.72. The highest BCUT2D eigenvalue weighted by molar-refractivity contribution is 7.89. The van der Waals surface area contributed by atoms with Crippen molar-refractivity contribution in [3.63, 3.8) is 0 Å². The maximum atomic E-state index is 12.1. The average Bonchev–Trinajstić information content (AvgIpc) is 2.84. The number of sulfonamides is 1. The van der Waals surface area contributed by atoms with E-state index in [1.807, 2.05) is 0 Å². The first kappa shape index (κ1) is 14.2. The summed E-state index contributed by atoms with van der Waals surface area (Å²) in [6.07, 6.45) is 1.14. The highest BCUT2D eigenvalue weighted by atomic mass is 32.2. The highest BCUT2D eigenvalue weighted by Crippen LogP contribution is 2.16. The first-order valence-corrected chi connectivity index (χ1v) is 7.20. The lowest BCUT2D eigenvalue weighted by molar-refractivity contribution is -0.139. The molecule has 0 unspecified atom stereocenters. The molecule has 1 aromatic carbocycles. The van der Waals surface area contributed by atoms with E-state index >= 15 is 0 Å². The zero-order chi connectivity index (χ0) is 14.8. The molecule has 0 amide bonds. The third-order valence-electron chi connectivity index (χ3n) is 2.62. The lowest BCUT2D eigenvalue weighted by Gasteiger charge is -2.14. The third kappa shape index (κ3) is 3.03. The lowest BCUT2D eigenvalue weighted by Crippen LogP contribution is -2.34. The van der Waals surface area contributed by atoms with E-state index in [0.717, 1.165) is 6.20 Å². The number of carboxylic acids is 1. The molecule has 2 aromatic rings. The summed E-state index contributed by atoms with van der Waals surface area (Å²) in [7, 11) is -3.98. The molecule has 0 bridgehead atoms. The van der Waals surface area contributed by atoms with E-state index in [1.165, 1.54) is 0 Å². The Labute approximate surface area is 115 Å². The van der Waals surface area contributed by atoms with Crippen LogP contribution in [0.1, 0.15) is 17.4 Å². The number of aryl methyl sites for hydroxylation is 1. The number of benzene rings is 1. The molecule has 0 aliphatic carbocycles. The number of hydrogen-bond acceptors (Lipinski definition) is 4. The molecule has 0 aliphatic heterocycles. The van der Waals surface area contributed by atoms with Crippen molar-refractivity contribution in [2.75, 3.05) is 0 Å². The Bertz CT molecular complexity index is 709. The molecular formula is C12H13N3O4S. The number of carbonyl (C=O) groups is 1. The molecule has 7 nitrogen and oxygen atoms in total. The Morgan fingerprint density at radius 2 is 2.00 bits per heavy atom. The minimum atomic E-state index is -3.98. The molecule has 0 radical (unpaired) electrons. The van der Waals surface area contributed by atoms with Crippen molar-refractivity contribution in [1.82, 2.24) is 14.7 Å². The molecule has 20 heavy (non-hydrogen) atoms.